The Bertz CT molecular complexity index is 1400. The fourth-order valence-electron chi connectivity index (χ4n) is 3.44. The van der Waals surface area contributed by atoms with Crippen molar-refractivity contribution < 1.29 is 19.0 Å². The maximum Gasteiger partial charge on any atom is 0.266 e. The van der Waals surface area contributed by atoms with E-state index in [1.54, 1.807) is 27.3 Å². The Labute approximate surface area is 227 Å². The van der Waals surface area contributed by atoms with Gasteiger partial charge in [0.2, 0.25) is 0 Å². The molecule has 1 amide bonds. The summed E-state index contributed by atoms with van der Waals surface area (Å²) in [7, 11) is 4.89. The minimum absolute atomic E-state index is 0.130. The van der Waals surface area contributed by atoms with Crippen molar-refractivity contribution in [3.63, 3.8) is 0 Å². The number of amidine groups is 1. The van der Waals surface area contributed by atoms with Crippen LogP contribution in [-0.2, 0) is 11.4 Å². The van der Waals surface area contributed by atoms with Crippen LogP contribution in [0, 0.1) is 14.9 Å². The lowest BCUT2D eigenvalue weighted by molar-refractivity contribution is -0.121. The first-order valence-electron chi connectivity index (χ1n) is 10.8. The molecule has 0 unspecified atom stereocenters. The third-order valence-corrected chi connectivity index (χ3v) is 7.22. The van der Waals surface area contributed by atoms with E-state index in [9.17, 15) is 10.1 Å². The highest BCUT2D eigenvalue weighted by atomic mass is 127. The van der Waals surface area contributed by atoms with E-state index >= 15 is 0 Å². The number of ether oxygens (including phenoxy) is 3. The standard InChI is InChI=1S/C27H22IN3O4S/c1-31-26(32)24(36-27(31)30-20-8-10-21(33-2)11-9-20)14-17-12-22(28)25(23(13-17)34-3)35-16-19-7-5-4-6-18(19)15-29/h4-14H,16H2,1-3H3/b24-14-,30-27?. The minimum atomic E-state index is -0.130. The fraction of sp³-hybridized carbons (Fsp3) is 0.148. The number of hydrogen-bond acceptors (Lipinski definition) is 7. The average molecular weight is 611 g/mol. The van der Waals surface area contributed by atoms with Crippen molar-refractivity contribution in [3.8, 4) is 23.3 Å². The Morgan fingerprint density at radius 2 is 1.86 bits per heavy atom. The molecular weight excluding hydrogens is 589 g/mol. The number of methoxy groups -OCH3 is 2. The first-order chi connectivity index (χ1) is 17.4. The Hall–Kier alpha value is -3.49. The second kappa shape index (κ2) is 11.5. The number of nitrogens with zero attached hydrogens (tertiary/aromatic N) is 3. The van der Waals surface area contributed by atoms with Gasteiger partial charge in [0.1, 0.15) is 12.4 Å². The Morgan fingerprint density at radius 1 is 1.11 bits per heavy atom. The van der Waals surface area contributed by atoms with Crippen LogP contribution in [0.1, 0.15) is 16.7 Å². The SMILES string of the molecule is COc1ccc(N=C2S/C(=C\c3cc(I)c(OCc4ccccc4C#N)c(OC)c3)C(=O)N2C)cc1. The monoisotopic (exact) mass is 611 g/mol. The van der Waals surface area contributed by atoms with Gasteiger partial charge in [0, 0.05) is 12.6 Å². The van der Waals surface area contributed by atoms with Gasteiger partial charge in [0.15, 0.2) is 16.7 Å². The van der Waals surface area contributed by atoms with E-state index < -0.39 is 0 Å². The summed E-state index contributed by atoms with van der Waals surface area (Å²) in [6, 6.07) is 20.6. The number of likely N-dealkylation sites (N-methyl/N-ethyl adjacent to an activating group) is 1. The predicted octanol–water partition coefficient (Wildman–Crippen LogP) is 5.99. The summed E-state index contributed by atoms with van der Waals surface area (Å²) in [4.78, 5) is 19.6. The molecule has 1 aliphatic heterocycles. The smallest absolute Gasteiger partial charge is 0.266 e. The van der Waals surface area contributed by atoms with Gasteiger partial charge in [-0.05, 0) is 88.5 Å². The maximum absolute atomic E-state index is 12.9. The molecule has 0 saturated carbocycles. The summed E-state index contributed by atoms with van der Waals surface area (Å²) in [5.74, 6) is 1.74. The molecule has 1 aliphatic rings. The van der Waals surface area contributed by atoms with Crippen LogP contribution in [0.2, 0.25) is 0 Å². The molecular formula is C27H22IN3O4S. The van der Waals surface area contributed by atoms with Crippen LogP contribution >= 0.6 is 34.4 Å². The molecule has 0 radical (unpaired) electrons. The number of amides is 1. The summed E-state index contributed by atoms with van der Waals surface area (Å²) < 4.78 is 17.6. The molecule has 4 rings (SSSR count). The molecule has 182 valence electrons. The van der Waals surface area contributed by atoms with Gasteiger partial charge in [-0.25, -0.2) is 4.99 Å². The van der Waals surface area contributed by atoms with Crippen LogP contribution in [0.3, 0.4) is 0 Å². The molecule has 3 aromatic carbocycles. The molecule has 1 saturated heterocycles. The summed E-state index contributed by atoms with van der Waals surface area (Å²) >= 11 is 3.49. The number of nitriles is 1. The zero-order valence-electron chi connectivity index (χ0n) is 19.8. The van der Waals surface area contributed by atoms with Crippen LogP contribution in [-0.4, -0.2) is 37.2 Å². The summed E-state index contributed by atoms with van der Waals surface area (Å²) in [5, 5.41) is 9.91. The maximum atomic E-state index is 12.9. The van der Waals surface area contributed by atoms with Crippen LogP contribution in [0.4, 0.5) is 5.69 Å². The summed E-state index contributed by atoms with van der Waals surface area (Å²) in [5.41, 5.74) is 2.90. The van der Waals surface area contributed by atoms with Crippen molar-refractivity contribution in [2.24, 2.45) is 4.99 Å². The van der Waals surface area contributed by atoms with Crippen LogP contribution in [0.25, 0.3) is 6.08 Å². The van der Waals surface area contributed by atoms with Gasteiger partial charge >= 0.3 is 0 Å². The normalized spacial score (nSPS) is 15.3. The highest BCUT2D eigenvalue weighted by molar-refractivity contribution is 14.1. The predicted molar refractivity (Wildman–Crippen MR) is 150 cm³/mol. The number of rotatable bonds is 7. The first-order valence-corrected chi connectivity index (χ1v) is 12.7. The van der Waals surface area contributed by atoms with E-state index in [0.29, 0.717) is 27.1 Å². The van der Waals surface area contributed by atoms with Crippen molar-refractivity contribution in [2.45, 2.75) is 6.61 Å². The van der Waals surface area contributed by atoms with Gasteiger partial charge in [-0.3, -0.25) is 9.69 Å². The van der Waals surface area contributed by atoms with Crippen LogP contribution in [0.15, 0.2) is 70.6 Å². The first kappa shape index (κ1) is 25.6. The highest BCUT2D eigenvalue weighted by Gasteiger charge is 2.30. The molecule has 0 bridgehead atoms. The second-order valence-electron chi connectivity index (χ2n) is 7.66. The number of benzene rings is 3. The quantitative estimate of drug-likeness (QED) is 0.241. The molecule has 1 fully saturated rings. The van der Waals surface area contributed by atoms with Gasteiger partial charge in [-0.2, -0.15) is 5.26 Å². The van der Waals surface area contributed by atoms with Gasteiger partial charge in [0.25, 0.3) is 5.91 Å². The van der Waals surface area contributed by atoms with E-state index in [2.05, 4.69) is 33.7 Å². The average Bonchev–Trinajstić information content (AvgIpc) is 3.15. The molecule has 0 atom stereocenters. The number of hydrogen-bond donors (Lipinski definition) is 0. The molecule has 9 heteroatoms. The lowest BCUT2D eigenvalue weighted by Crippen LogP contribution is -2.23. The van der Waals surface area contributed by atoms with E-state index in [0.717, 1.165) is 26.1 Å². The van der Waals surface area contributed by atoms with Gasteiger partial charge in [-0.15, -0.1) is 0 Å². The van der Waals surface area contributed by atoms with E-state index in [4.69, 9.17) is 14.2 Å². The van der Waals surface area contributed by atoms with Crippen LogP contribution in [0.5, 0.6) is 17.2 Å². The van der Waals surface area contributed by atoms with Crippen molar-refractivity contribution in [1.29, 1.82) is 5.26 Å². The number of thioether (sulfide) groups is 1. The van der Waals surface area contributed by atoms with E-state index in [-0.39, 0.29) is 12.5 Å². The van der Waals surface area contributed by atoms with Crippen molar-refractivity contribution in [3.05, 3.63) is 85.8 Å². The minimum Gasteiger partial charge on any atom is -0.497 e. The number of halogens is 1. The number of carbonyl (C=O) groups excluding carboxylic acids is 1. The fourth-order valence-corrected chi connectivity index (χ4v) is 5.21. The van der Waals surface area contributed by atoms with Crippen molar-refractivity contribution in [1.82, 2.24) is 4.90 Å². The van der Waals surface area contributed by atoms with E-state index in [1.807, 2.05) is 60.7 Å². The third kappa shape index (κ3) is 5.66. The topological polar surface area (TPSA) is 84.1 Å². The molecule has 3 aromatic rings. The van der Waals surface area contributed by atoms with Crippen LogP contribution < -0.4 is 14.2 Å². The lowest BCUT2D eigenvalue weighted by atomic mass is 10.1. The van der Waals surface area contributed by atoms with Gasteiger partial charge < -0.3 is 14.2 Å². The van der Waals surface area contributed by atoms with E-state index in [1.165, 1.54) is 16.7 Å². The van der Waals surface area contributed by atoms with Crippen molar-refractivity contribution >= 4 is 57.2 Å². The van der Waals surface area contributed by atoms with Crippen molar-refractivity contribution in [2.75, 3.05) is 21.3 Å². The molecule has 0 spiro atoms. The zero-order valence-corrected chi connectivity index (χ0v) is 22.8. The Balaban J connectivity index is 1.56. The van der Waals surface area contributed by atoms with Gasteiger partial charge in [-0.1, -0.05) is 18.2 Å². The Kier molecular flexibility index (Phi) is 8.18. The molecule has 0 N–H and O–H groups in total. The zero-order chi connectivity index (χ0) is 25.7. The lowest BCUT2D eigenvalue weighted by Gasteiger charge is -2.14. The summed E-state index contributed by atoms with van der Waals surface area (Å²) in [6.07, 6.45) is 1.82. The highest BCUT2D eigenvalue weighted by Crippen LogP contribution is 2.38. The number of carbonyl (C=O) groups is 1. The number of aliphatic imine (C=N–C) groups is 1. The molecule has 0 aromatic heterocycles. The summed E-state index contributed by atoms with van der Waals surface area (Å²) in [6.45, 7) is 0.237. The molecule has 1 heterocycles. The Morgan fingerprint density at radius 3 is 2.56 bits per heavy atom. The molecule has 36 heavy (non-hydrogen) atoms. The molecule has 7 nitrogen and oxygen atoms in total. The van der Waals surface area contributed by atoms with Gasteiger partial charge in [0.05, 0.1) is 40.0 Å². The second-order valence-corrected chi connectivity index (χ2v) is 9.83. The largest absolute Gasteiger partial charge is 0.497 e. The molecule has 0 aliphatic carbocycles. The third-order valence-electron chi connectivity index (χ3n) is 5.36.